The van der Waals surface area contributed by atoms with Crippen LogP contribution in [-0.2, 0) is 15.7 Å². The lowest BCUT2D eigenvalue weighted by molar-refractivity contribution is 0.0277. The molecule has 0 aliphatic heterocycles. The summed E-state index contributed by atoms with van der Waals surface area (Å²) in [5, 5.41) is 2.00. The van der Waals surface area contributed by atoms with Gasteiger partial charge in [0.05, 0.1) is 11.6 Å². The number of nitrogens with zero attached hydrogens (tertiary/aromatic N) is 2. The zero-order valence-electron chi connectivity index (χ0n) is 20.2. The van der Waals surface area contributed by atoms with Crippen molar-refractivity contribution < 1.29 is 27.9 Å². The van der Waals surface area contributed by atoms with Crippen LogP contribution in [0.5, 0.6) is 0 Å². The molecule has 36 heavy (non-hydrogen) atoms. The number of hydrogen-bond acceptors (Lipinski definition) is 5. The zero-order valence-corrected chi connectivity index (χ0v) is 21.1. The molecule has 0 saturated heterocycles. The lowest BCUT2D eigenvalue weighted by Crippen LogP contribution is -2.19. The van der Waals surface area contributed by atoms with Gasteiger partial charge >= 0.3 is 13.3 Å². The van der Waals surface area contributed by atoms with Gasteiger partial charge in [0.1, 0.15) is 5.52 Å². The van der Waals surface area contributed by atoms with E-state index in [1.807, 2.05) is 32.2 Å². The first-order valence-corrected chi connectivity index (χ1v) is 13.4. The van der Waals surface area contributed by atoms with Crippen LogP contribution in [0.3, 0.4) is 0 Å². The number of pyridine rings is 2. The zero-order chi connectivity index (χ0) is 26.1. The Balaban J connectivity index is 1.36. The van der Waals surface area contributed by atoms with Crippen LogP contribution in [0, 0.1) is 6.92 Å². The third-order valence-electron chi connectivity index (χ3n) is 6.47. The molecular weight excluding hydrogens is 487 g/mol. The van der Waals surface area contributed by atoms with Gasteiger partial charge in [0.25, 0.3) is 0 Å². The number of ether oxygens (including phenoxy) is 1. The molecule has 1 aliphatic carbocycles. The molecule has 1 aliphatic rings. The number of aryl methyl sites for hydroxylation is 2. The van der Waals surface area contributed by atoms with E-state index >= 15 is 0 Å². The largest absolute Gasteiger partial charge is 0.394 e. The van der Waals surface area contributed by atoms with Crippen LogP contribution in [0.15, 0.2) is 53.8 Å². The number of fused-ring (bicyclic) bond motifs is 3. The second-order valence-electron chi connectivity index (χ2n) is 9.29. The highest BCUT2D eigenvalue weighted by Crippen LogP contribution is 2.55. The third-order valence-corrected chi connectivity index (χ3v) is 7.55. The van der Waals surface area contributed by atoms with Crippen LogP contribution < -0.4 is 5.73 Å². The van der Waals surface area contributed by atoms with Gasteiger partial charge in [-0.1, -0.05) is 24.3 Å². The fraction of sp³-hybridized carbons (Fsp3) is 0.385. The van der Waals surface area contributed by atoms with E-state index in [-0.39, 0.29) is 19.1 Å². The Morgan fingerprint density at radius 2 is 1.97 bits per heavy atom. The Labute approximate surface area is 208 Å². The average Bonchev–Trinajstić information content (AvgIpc) is 2.80. The van der Waals surface area contributed by atoms with E-state index in [9.17, 15) is 13.3 Å². The van der Waals surface area contributed by atoms with Gasteiger partial charge in [-0.25, -0.2) is 4.98 Å². The molecule has 3 aromatic rings. The predicted molar refractivity (Wildman–Crippen MR) is 137 cm³/mol. The highest BCUT2D eigenvalue weighted by Gasteiger charge is 2.47. The monoisotopic (exact) mass is 517 g/mol. The molecule has 2 aromatic heterocycles. The van der Waals surface area contributed by atoms with E-state index in [0.29, 0.717) is 17.8 Å². The number of rotatable bonds is 9. The Hall–Kier alpha value is -2.71. The number of benzene rings is 1. The number of nitrogens with two attached hydrogens (primary N) is 1. The summed E-state index contributed by atoms with van der Waals surface area (Å²) in [5.41, 5.74) is 8.14. The molecule has 10 heteroatoms. The molecule has 1 unspecified atom stereocenters. The van der Waals surface area contributed by atoms with Crippen LogP contribution in [0.25, 0.3) is 21.8 Å². The minimum Gasteiger partial charge on any atom is -0.382 e. The summed E-state index contributed by atoms with van der Waals surface area (Å²) < 4.78 is 43.2. The maximum atomic E-state index is 13.4. The highest BCUT2D eigenvalue weighted by molar-refractivity contribution is 7.53. The first-order valence-electron chi connectivity index (χ1n) is 11.8. The Morgan fingerprint density at radius 3 is 2.69 bits per heavy atom. The standard InChI is InChI=1S/C26H30F2N3O4P/c1-16-4-9-21-22-14-18(15-30-24(22)25(29)31-23(21)12-16)5-6-19-7-8-20(13-17(19)2)35-11-3-10-26(27,28)36(32,33)34/h4,7,9,12-15,20H,3,5-6,8,10-11H2,1-2H3,(H2,29,31)(H2,32,33,34). The highest BCUT2D eigenvalue weighted by atomic mass is 31.2. The van der Waals surface area contributed by atoms with Gasteiger partial charge in [-0.05, 0) is 73.9 Å². The van der Waals surface area contributed by atoms with Crippen LogP contribution in [0.1, 0.15) is 43.7 Å². The molecule has 0 spiro atoms. The molecule has 4 N–H and O–H groups in total. The van der Waals surface area contributed by atoms with Crippen molar-refractivity contribution in [2.24, 2.45) is 0 Å². The molecule has 0 radical (unpaired) electrons. The van der Waals surface area contributed by atoms with Gasteiger partial charge in [0.15, 0.2) is 5.82 Å². The molecule has 2 heterocycles. The van der Waals surface area contributed by atoms with Gasteiger partial charge in [0, 0.05) is 30.0 Å². The molecular formula is C26H30F2N3O4P. The van der Waals surface area contributed by atoms with Gasteiger partial charge in [-0.2, -0.15) is 8.78 Å². The first kappa shape index (κ1) is 26.4. The summed E-state index contributed by atoms with van der Waals surface area (Å²) in [6, 6.07) is 8.24. The van der Waals surface area contributed by atoms with Gasteiger partial charge in [0.2, 0.25) is 0 Å². The molecule has 1 atom stereocenters. The summed E-state index contributed by atoms with van der Waals surface area (Å²) >= 11 is 0. The fourth-order valence-corrected chi connectivity index (χ4v) is 4.88. The maximum absolute atomic E-state index is 13.4. The molecule has 0 bridgehead atoms. The molecule has 1 aromatic carbocycles. The van der Waals surface area contributed by atoms with Crippen molar-refractivity contribution in [3.63, 3.8) is 0 Å². The number of nitrogen functional groups attached to an aromatic ring is 1. The summed E-state index contributed by atoms with van der Waals surface area (Å²) in [6.07, 6.45) is 6.82. The lowest BCUT2D eigenvalue weighted by Gasteiger charge is -2.22. The van der Waals surface area contributed by atoms with Crippen molar-refractivity contribution in [2.75, 3.05) is 12.3 Å². The van der Waals surface area contributed by atoms with E-state index in [1.54, 1.807) is 0 Å². The molecule has 7 nitrogen and oxygen atoms in total. The maximum Gasteiger partial charge on any atom is 0.394 e. The smallest absolute Gasteiger partial charge is 0.382 e. The third kappa shape index (κ3) is 5.81. The molecule has 192 valence electrons. The second kappa shape index (κ2) is 10.3. The Bertz CT molecular complexity index is 1400. The van der Waals surface area contributed by atoms with Gasteiger partial charge in [-0.15, -0.1) is 0 Å². The predicted octanol–water partition coefficient (Wildman–Crippen LogP) is 5.82. The van der Waals surface area contributed by atoms with Gasteiger partial charge < -0.3 is 20.3 Å². The van der Waals surface area contributed by atoms with Crippen LogP contribution in [0.4, 0.5) is 14.6 Å². The van der Waals surface area contributed by atoms with E-state index in [1.165, 1.54) is 5.57 Å². The van der Waals surface area contributed by atoms with Crippen molar-refractivity contribution in [3.05, 3.63) is 64.9 Å². The number of alkyl halides is 2. The molecule has 0 saturated carbocycles. The van der Waals surface area contributed by atoms with Crippen LogP contribution in [-0.4, -0.2) is 38.1 Å². The first-order chi connectivity index (χ1) is 16.9. The quantitative estimate of drug-likeness (QED) is 0.186. The van der Waals surface area contributed by atoms with Crippen molar-refractivity contribution in [2.45, 2.75) is 57.7 Å². The normalized spacial score (nSPS) is 16.9. The lowest BCUT2D eigenvalue weighted by atomic mass is 9.92. The Morgan fingerprint density at radius 1 is 1.19 bits per heavy atom. The van der Waals surface area contributed by atoms with Crippen molar-refractivity contribution >= 4 is 35.2 Å². The SMILES string of the molecule is CC1=CC(OCCCC(F)(F)P(=O)(O)O)CC=C1CCc1cnc2c(N)nc3cc(C)ccc3c2c1. The van der Waals surface area contributed by atoms with E-state index in [4.69, 9.17) is 20.3 Å². The summed E-state index contributed by atoms with van der Waals surface area (Å²) in [7, 11) is -5.45. The van der Waals surface area contributed by atoms with Gasteiger partial charge in [-0.3, -0.25) is 9.55 Å². The number of aromatic nitrogens is 2. The van der Waals surface area contributed by atoms with Crippen molar-refractivity contribution in [1.29, 1.82) is 0 Å². The van der Waals surface area contributed by atoms with Crippen molar-refractivity contribution in [1.82, 2.24) is 9.97 Å². The molecule has 0 fully saturated rings. The second-order valence-corrected chi connectivity index (χ2v) is 11.0. The molecule has 0 amide bonds. The summed E-state index contributed by atoms with van der Waals surface area (Å²) in [6.45, 7) is 4.01. The average molecular weight is 518 g/mol. The number of hydrogen-bond donors (Lipinski definition) is 3. The van der Waals surface area contributed by atoms with Crippen LogP contribution >= 0.6 is 7.60 Å². The van der Waals surface area contributed by atoms with E-state index in [2.05, 4.69) is 34.2 Å². The summed E-state index contributed by atoms with van der Waals surface area (Å²) in [5.74, 6) is 0.417. The number of allylic oxidation sites excluding steroid dienone is 2. The van der Waals surface area contributed by atoms with Crippen LogP contribution in [0.2, 0.25) is 0 Å². The fourth-order valence-electron chi connectivity index (χ4n) is 4.43. The van der Waals surface area contributed by atoms with E-state index < -0.39 is 19.7 Å². The molecule has 4 rings (SSSR count). The number of halogens is 2. The minimum atomic E-state index is -5.45. The topological polar surface area (TPSA) is 119 Å². The Kier molecular flexibility index (Phi) is 7.57. The van der Waals surface area contributed by atoms with Crippen molar-refractivity contribution in [3.8, 4) is 0 Å². The minimum absolute atomic E-state index is 0.00143. The number of anilines is 1. The van der Waals surface area contributed by atoms with E-state index in [0.717, 1.165) is 45.8 Å². The summed E-state index contributed by atoms with van der Waals surface area (Å²) in [4.78, 5) is 26.5.